The van der Waals surface area contributed by atoms with Crippen LogP contribution >= 0.6 is 18.6 Å². The van der Waals surface area contributed by atoms with Crippen molar-refractivity contribution >= 4 is 49.7 Å². The molecule has 0 aliphatic carbocycles. The third kappa shape index (κ3) is 7.83. The maximum atomic E-state index is 4.89. The molecule has 0 aromatic heterocycles. The Hall–Kier alpha value is -0.829. The Morgan fingerprint density at radius 3 is 1.38 bits per heavy atom. The molecular weight excluding hydrogens is 387 g/mol. The van der Waals surface area contributed by atoms with Gasteiger partial charge in [0, 0.05) is 9.52 Å². The van der Waals surface area contributed by atoms with Gasteiger partial charge in [0.1, 0.15) is 0 Å². The smallest absolute Gasteiger partial charge is 0.0809 e. The maximum absolute atomic E-state index is 4.89. The Balaban J connectivity index is 0.000000183. The van der Waals surface area contributed by atoms with Crippen molar-refractivity contribution in [1.82, 2.24) is 0 Å². The number of hydrogen-bond donors (Lipinski definition) is 0. The molecular formula is C20H20Cl2SiTi-2. The molecule has 0 aliphatic rings. The molecule has 4 aromatic carbocycles. The van der Waals surface area contributed by atoms with Gasteiger partial charge in [-0.2, -0.15) is 35.0 Å². The molecule has 0 N–H and O–H groups in total. The summed E-state index contributed by atoms with van der Waals surface area (Å²) >= 11 is -0.556. The van der Waals surface area contributed by atoms with Crippen molar-refractivity contribution < 1.29 is 17.0 Å². The van der Waals surface area contributed by atoms with Gasteiger partial charge in [-0.15, -0.1) is 59.3 Å². The number of benzene rings is 2. The molecule has 124 valence electrons. The fraction of sp³-hybridized carbons (Fsp3) is 0.100. The van der Waals surface area contributed by atoms with E-state index >= 15 is 0 Å². The Morgan fingerprint density at radius 1 is 0.708 bits per heavy atom. The van der Waals surface area contributed by atoms with Crippen LogP contribution in [-0.2, 0) is 17.0 Å². The topological polar surface area (TPSA) is 0 Å². The second kappa shape index (κ2) is 13.5. The normalized spacial score (nSPS) is 9.00. The molecule has 0 aliphatic heterocycles. The van der Waals surface area contributed by atoms with Crippen LogP contribution in [-0.4, -0.2) is 9.52 Å². The van der Waals surface area contributed by atoms with Crippen molar-refractivity contribution in [1.29, 1.82) is 0 Å². The van der Waals surface area contributed by atoms with Crippen LogP contribution in [0.3, 0.4) is 0 Å². The summed E-state index contributed by atoms with van der Waals surface area (Å²) < 4.78 is 0. The fourth-order valence-electron chi connectivity index (χ4n) is 2.14. The number of fused-ring (bicyclic) bond motifs is 2. The predicted octanol–water partition coefficient (Wildman–Crippen LogP) is 7.28. The van der Waals surface area contributed by atoms with Crippen LogP contribution in [0, 0.1) is 0 Å². The Bertz CT molecular complexity index is 664. The molecule has 24 heavy (non-hydrogen) atoms. The summed E-state index contributed by atoms with van der Waals surface area (Å²) in [5, 5.41) is 5.32. The summed E-state index contributed by atoms with van der Waals surface area (Å²) in [5.74, 6) is 0. The van der Waals surface area contributed by atoms with Gasteiger partial charge in [0.2, 0.25) is 0 Å². The first kappa shape index (κ1) is 21.2. The van der Waals surface area contributed by atoms with Gasteiger partial charge < -0.3 is 0 Å². The Kier molecular flexibility index (Phi) is 11.9. The molecule has 0 unspecified atom stereocenters. The second-order valence-corrected chi connectivity index (χ2v) is 8.46. The average Bonchev–Trinajstić information content (AvgIpc) is 3.26. The molecule has 4 rings (SSSR count). The minimum absolute atomic E-state index is 0.556. The van der Waals surface area contributed by atoms with Gasteiger partial charge in [0.15, 0.2) is 0 Å². The molecule has 2 radical (unpaired) electrons. The first-order valence-corrected chi connectivity index (χ1v) is 13.8. The third-order valence-corrected chi connectivity index (χ3v) is 3.10. The van der Waals surface area contributed by atoms with E-state index in [2.05, 4.69) is 98.0 Å². The zero-order valence-corrected chi connectivity index (χ0v) is 17.9. The van der Waals surface area contributed by atoms with Crippen LogP contribution in [0.5, 0.6) is 0 Å². The summed E-state index contributed by atoms with van der Waals surface area (Å²) in [4.78, 5) is 0. The van der Waals surface area contributed by atoms with Crippen molar-refractivity contribution in [3.05, 3.63) is 84.9 Å². The molecule has 4 heteroatoms. The van der Waals surface area contributed by atoms with E-state index in [4.69, 9.17) is 18.6 Å². The number of hydrogen-bond acceptors (Lipinski definition) is 0. The fourth-order valence-corrected chi connectivity index (χ4v) is 2.14. The van der Waals surface area contributed by atoms with E-state index in [1.54, 1.807) is 0 Å². The molecule has 0 heterocycles. The van der Waals surface area contributed by atoms with Gasteiger partial charge in [-0.05, 0) is 0 Å². The second-order valence-electron chi connectivity index (χ2n) is 4.88. The average molecular weight is 407 g/mol. The molecule has 0 amide bonds. The maximum Gasteiger partial charge on any atom is -0.0809 e. The van der Waals surface area contributed by atoms with Crippen LogP contribution in [0.1, 0.15) is 0 Å². The molecule has 0 saturated carbocycles. The quantitative estimate of drug-likeness (QED) is 0.212. The molecule has 0 saturated heterocycles. The van der Waals surface area contributed by atoms with Gasteiger partial charge in [0.25, 0.3) is 0 Å². The largest absolute Gasteiger partial charge is 0.168 e. The minimum atomic E-state index is -0.556. The molecule has 4 aromatic rings. The molecule has 0 spiro atoms. The van der Waals surface area contributed by atoms with Gasteiger partial charge in [-0.25, -0.2) is 0 Å². The van der Waals surface area contributed by atoms with E-state index < -0.39 is 17.0 Å². The van der Waals surface area contributed by atoms with E-state index in [0.717, 1.165) is 9.52 Å². The van der Waals surface area contributed by atoms with Crippen molar-refractivity contribution in [2.75, 3.05) is 0 Å². The Morgan fingerprint density at radius 2 is 1.04 bits per heavy atom. The van der Waals surface area contributed by atoms with E-state index in [1.807, 2.05) is 0 Å². The van der Waals surface area contributed by atoms with E-state index in [0.29, 0.717) is 0 Å². The zero-order valence-electron chi connectivity index (χ0n) is 13.8. The van der Waals surface area contributed by atoms with Crippen LogP contribution < -0.4 is 0 Å². The molecule has 0 atom stereocenters. The van der Waals surface area contributed by atoms with Crippen molar-refractivity contribution in [2.24, 2.45) is 0 Å². The van der Waals surface area contributed by atoms with Crippen LogP contribution in [0.25, 0.3) is 21.5 Å². The predicted molar refractivity (Wildman–Crippen MR) is 108 cm³/mol. The van der Waals surface area contributed by atoms with Crippen molar-refractivity contribution in [3.63, 3.8) is 0 Å². The summed E-state index contributed by atoms with van der Waals surface area (Å²) in [6, 6.07) is 29.3. The van der Waals surface area contributed by atoms with Gasteiger partial charge in [-0.3, -0.25) is 0 Å². The monoisotopic (exact) mass is 406 g/mol. The van der Waals surface area contributed by atoms with E-state index in [-0.39, 0.29) is 0 Å². The Labute approximate surface area is 164 Å². The first-order chi connectivity index (χ1) is 11.8. The molecule has 0 nitrogen and oxygen atoms in total. The van der Waals surface area contributed by atoms with Crippen molar-refractivity contribution in [3.8, 4) is 0 Å². The van der Waals surface area contributed by atoms with Crippen LogP contribution in [0.15, 0.2) is 84.9 Å². The van der Waals surface area contributed by atoms with Gasteiger partial charge >= 0.3 is 35.6 Å². The SMILES string of the molecule is C[Si]C.[Cl][Ti][Cl].c1ccc2[cH-]ccc2c1.c1ccc2[cH-]ccc2c1. The van der Waals surface area contributed by atoms with Crippen molar-refractivity contribution in [2.45, 2.75) is 13.1 Å². The van der Waals surface area contributed by atoms with E-state index in [9.17, 15) is 0 Å². The minimum Gasteiger partial charge on any atom is -0.168 e. The van der Waals surface area contributed by atoms with Crippen LogP contribution in [0.2, 0.25) is 13.1 Å². The van der Waals surface area contributed by atoms with Gasteiger partial charge in [0.05, 0.1) is 0 Å². The summed E-state index contributed by atoms with van der Waals surface area (Å²) in [6.45, 7) is 4.31. The van der Waals surface area contributed by atoms with E-state index in [1.165, 1.54) is 21.5 Å². The summed E-state index contributed by atoms with van der Waals surface area (Å²) in [5.41, 5.74) is 0. The number of rotatable bonds is 0. The molecule has 0 fully saturated rings. The first-order valence-electron chi connectivity index (χ1n) is 7.52. The standard InChI is InChI=1S/2C9H7.C2H6Si.2ClH.Ti/c2*1-2-5-9-7-3-6-8(9)4-1;1-3-2;;;/h2*1-7H;1-2H3;2*1H;/q2*-1;;;;+2/p-2. The molecule has 0 bridgehead atoms. The summed E-state index contributed by atoms with van der Waals surface area (Å²) in [6.07, 6.45) is 0. The zero-order chi connectivity index (χ0) is 17.6. The summed E-state index contributed by atoms with van der Waals surface area (Å²) in [7, 11) is 10.9. The number of halogens is 2. The van der Waals surface area contributed by atoms with Gasteiger partial charge in [-0.1, -0.05) is 25.2 Å². The van der Waals surface area contributed by atoms with Crippen LogP contribution in [0.4, 0.5) is 0 Å². The third-order valence-electron chi connectivity index (χ3n) is 3.10.